The second-order valence-corrected chi connectivity index (χ2v) is 5.96. The Labute approximate surface area is 153 Å². The zero-order chi connectivity index (χ0) is 19.7. The summed E-state index contributed by atoms with van der Waals surface area (Å²) >= 11 is 0. The number of amides is 1. The molecule has 0 aliphatic carbocycles. The number of carbonyl (C=O) groups is 1. The first-order chi connectivity index (χ1) is 12.8. The summed E-state index contributed by atoms with van der Waals surface area (Å²) in [6, 6.07) is 10.9. The minimum atomic E-state index is -4.69. The standard InChI is InChI=1S/C19H16F3N3O2/c1-12-11-15(27-17(23)26)16(13-5-3-2-4-6-13)25-18(12,19(20,21)22)14-7-9-24-10-8-14/h2-11,25H,1H3,(H2,23,26). The van der Waals surface area contributed by atoms with Crippen LogP contribution in [-0.4, -0.2) is 17.3 Å². The van der Waals surface area contributed by atoms with Crippen molar-refractivity contribution in [1.29, 1.82) is 0 Å². The van der Waals surface area contributed by atoms with Gasteiger partial charge in [0.25, 0.3) is 0 Å². The van der Waals surface area contributed by atoms with Gasteiger partial charge in [0.15, 0.2) is 11.3 Å². The first kappa shape index (κ1) is 18.5. The van der Waals surface area contributed by atoms with E-state index in [1.54, 1.807) is 30.3 Å². The number of aromatic nitrogens is 1. The molecule has 27 heavy (non-hydrogen) atoms. The number of hydrogen-bond acceptors (Lipinski definition) is 4. The highest BCUT2D eigenvalue weighted by Gasteiger charge is 2.59. The lowest BCUT2D eigenvalue weighted by Gasteiger charge is -2.42. The van der Waals surface area contributed by atoms with Crippen LogP contribution < -0.4 is 11.1 Å². The van der Waals surface area contributed by atoms with E-state index in [1.807, 2.05) is 0 Å². The van der Waals surface area contributed by atoms with Gasteiger partial charge in [0.2, 0.25) is 0 Å². The molecule has 0 bridgehead atoms. The summed E-state index contributed by atoms with van der Waals surface area (Å²) < 4.78 is 48.0. The fraction of sp³-hybridized carbons (Fsp3) is 0.158. The Morgan fingerprint density at radius 3 is 2.33 bits per heavy atom. The number of rotatable bonds is 3. The number of carbonyl (C=O) groups excluding carboxylic acids is 1. The number of hydrogen-bond donors (Lipinski definition) is 2. The van der Waals surface area contributed by atoms with E-state index in [2.05, 4.69) is 10.3 Å². The molecule has 1 atom stereocenters. The van der Waals surface area contributed by atoms with Crippen LogP contribution in [0.25, 0.3) is 5.70 Å². The first-order valence-electron chi connectivity index (χ1n) is 7.97. The Bertz CT molecular complexity index is 909. The van der Waals surface area contributed by atoms with Crippen molar-refractivity contribution in [2.45, 2.75) is 18.6 Å². The van der Waals surface area contributed by atoms with Gasteiger partial charge < -0.3 is 15.8 Å². The van der Waals surface area contributed by atoms with E-state index >= 15 is 0 Å². The highest BCUT2D eigenvalue weighted by atomic mass is 19.4. The summed E-state index contributed by atoms with van der Waals surface area (Å²) in [6.45, 7) is 1.31. The Kier molecular flexibility index (Phi) is 4.65. The molecule has 1 amide bonds. The van der Waals surface area contributed by atoms with Crippen LogP contribution in [0.4, 0.5) is 18.0 Å². The van der Waals surface area contributed by atoms with E-state index in [0.29, 0.717) is 5.56 Å². The van der Waals surface area contributed by atoms with Gasteiger partial charge in [-0.2, -0.15) is 13.2 Å². The van der Waals surface area contributed by atoms with Crippen LogP contribution in [0, 0.1) is 0 Å². The number of primary amides is 1. The van der Waals surface area contributed by atoms with Gasteiger partial charge in [0, 0.05) is 18.0 Å². The molecule has 0 saturated heterocycles. The van der Waals surface area contributed by atoms with Gasteiger partial charge >= 0.3 is 12.3 Å². The van der Waals surface area contributed by atoms with Crippen molar-refractivity contribution in [2.24, 2.45) is 5.73 Å². The number of halogens is 3. The minimum Gasteiger partial charge on any atom is -0.408 e. The lowest BCUT2D eigenvalue weighted by atomic mass is 9.79. The molecule has 1 unspecified atom stereocenters. The summed E-state index contributed by atoms with van der Waals surface area (Å²) in [6.07, 6.45) is -2.05. The number of pyridine rings is 1. The van der Waals surface area contributed by atoms with Crippen molar-refractivity contribution in [1.82, 2.24) is 10.3 Å². The molecule has 1 aliphatic heterocycles. The number of ether oxygens (including phenoxy) is 1. The van der Waals surface area contributed by atoms with Crippen LogP contribution in [0.3, 0.4) is 0 Å². The summed E-state index contributed by atoms with van der Waals surface area (Å²) in [5.41, 5.74) is 2.87. The predicted molar refractivity (Wildman–Crippen MR) is 92.9 cm³/mol. The summed E-state index contributed by atoms with van der Waals surface area (Å²) in [5.74, 6) is -0.0832. The van der Waals surface area contributed by atoms with Crippen LogP contribution >= 0.6 is 0 Å². The number of nitrogens with one attached hydrogen (secondary N) is 1. The molecule has 0 radical (unpaired) electrons. The topological polar surface area (TPSA) is 77.2 Å². The first-order valence-corrected chi connectivity index (χ1v) is 7.97. The number of dihydropyridines is 1. The number of nitrogens with zero attached hydrogens (tertiary/aromatic N) is 1. The maximum absolute atomic E-state index is 14.3. The summed E-state index contributed by atoms with van der Waals surface area (Å²) in [7, 11) is 0. The molecule has 0 fully saturated rings. The van der Waals surface area contributed by atoms with E-state index in [9.17, 15) is 18.0 Å². The van der Waals surface area contributed by atoms with Gasteiger partial charge in [-0.05, 0) is 36.3 Å². The molecule has 3 N–H and O–H groups in total. The molecule has 8 heteroatoms. The largest absolute Gasteiger partial charge is 0.419 e. The van der Waals surface area contributed by atoms with Crippen LogP contribution in [0.5, 0.6) is 0 Å². The molecule has 3 rings (SSSR count). The molecule has 2 aromatic rings. The quantitative estimate of drug-likeness (QED) is 0.854. The van der Waals surface area contributed by atoms with E-state index in [0.717, 1.165) is 0 Å². The number of benzene rings is 1. The SMILES string of the molecule is CC1=CC(OC(N)=O)=C(c2ccccc2)NC1(c1ccncc1)C(F)(F)F. The van der Waals surface area contributed by atoms with Crippen molar-refractivity contribution in [2.75, 3.05) is 0 Å². The van der Waals surface area contributed by atoms with Gasteiger partial charge in [0.05, 0.1) is 5.70 Å². The average molecular weight is 375 g/mol. The van der Waals surface area contributed by atoms with Crippen molar-refractivity contribution < 1.29 is 22.7 Å². The fourth-order valence-corrected chi connectivity index (χ4v) is 3.09. The molecule has 0 spiro atoms. The number of nitrogens with two attached hydrogens (primary N) is 1. The molecule has 2 heterocycles. The fourth-order valence-electron chi connectivity index (χ4n) is 3.09. The number of allylic oxidation sites excluding steroid dienone is 1. The van der Waals surface area contributed by atoms with Gasteiger partial charge in [-0.15, -0.1) is 0 Å². The highest BCUT2D eigenvalue weighted by Crippen LogP contribution is 2.48. The van der Waals surface area contributed by atoms with Crippen LogP contribution in [0.2, 0.25) is 0 Å². The van der Waals surface area contributed by atoms with Gasteiger partial charge in [-0.1, -0.05) is 30.3 Å². The Balaban J connectivity index is 2.25. The Morgan fingerprint density at radius 2 is 1.78 bits per heavy atom. The van der Waals surface area contributed by atoms with Crippen molar-refractivity contribution in [3.8, 4) is 0 Å². The second kappa shape index (κ2) is 6.79. The third-order valence-electron chi connectivity index (χ3n) is 4.31. The lowest BCUT2D eigenvalue weighted by molar-refractivity contribution is -0.185. The third-order valence-corrected chi connectivity index (χ3v) is 4.31. The van der Waals surface area contributed by atoms with E-state index < -0.39 is 17.8 Å². The molecule has 5 nitrogen and oxygen atoms in total. The third kappa shape index (κ3) is 3.25. The monoisotopic (exact) mass is 375 g/mol. The molecule has 140 valence electrons. The van der Waals surface area contributed by atoms with E-state index in [1.165, 1.54) is 37.5 Å². The van der Waals surface area contributed by atoms with Gasteiger partial charge in [-0.3, -0.25) is 4.98 Å². The van der Waals surface area contributed by atoms with Gasteiger partial charge in [0.1, 0.15) is 0 Å². The molecule has 0 saturated carbocycles. The number of alkyl halides is 3. The van der Waals surface area contributed by atoms with Crippen molar-refractivity contribution in [3.05, 3.63) is 83.4 Å². The molecular formula is C19H16F3N3O2. The second-order valence-electron chi connectivity index (χ2n) is 5.96. The average Bonchev–Trinajstić information content (AvgIpc) is 2.62. The summed E-state index contributed by atoms with van der Waals surface area (Å²) in [5, 5.41) is 2.57. The lowest BCUT2D eigenvalue weighted by Crippen LogP contribution is -2.55. The van der Waals surface area contributed by atoms with Crippen molar-refractivity contribution in [3.63, 3.8) is 0 Å². The molecular weight excluding hydrogens is 359 g/mol. The maximum Gasteiger partial charge on any atom is 0.419 e. The predicted octanol–water partition coefficient (Wildman–Crippen LogP) is 3.85. The van der Waals surface area contributed by atoms with E-state index in [4.69, 9.17) is 10.5 Å². The zero-order valence-corrected chi connectivity index (χ0v) is 14.2. The van der Waals surface area contributed by atoms with Crippen molar-refractivity contribution >= 4 is 11.8 Å². The van der Waals surface area contributed by atoms with Crippen LogP contribution in [0.15, 0.2) is 72.3 Å². The normalized spacial score (nSPS) is 19.9. The van der Waals surface area contributed by atoms with Crippen LogP contribution in [-0.2, 0) is 10.3 Å². The molecule has 1 aromatic carbocycles. The Morgan fingerprint density at radius 1 is 1.15 bits per heavy atom. The smallest absolute Gasteiger partial charge is 0.408 e. The highest BCUT2D eigenvalue weighted by molar-refractivity contribution is 5.76. The molecule has 1 aliphatic rings. The summed E-state index contributed by atoms with van der Waals surface area (Å²) in [4.78, 5) is 15.1. The van der Waals surface area contributed by atoms with Gasteiger partial charge in [-0.25, -0.2) is 4.79 Å². The van der Waals surface area contributed by atoms with E-state index in [-0.39, 0.29) is 22.6 Å². The van der Waals surface area contributed by atoms with Crippen LogP contribution in [0.1, 0.15) is 18.1 Å². The Hall–Kier alpha value is -3.29. The molecule has 1 aromatic heterocycles. The zero-order valence-electron chi connectivity index (χ0n) is 14.2. The maximum atomic E-state index is 14.3. The minimum absolute atomic E-state index is 0.00846.